The van der Waals surface area contributed by atoms with E-state index in [1.165, 1.54) is 18.2 Å². The van der Waals surface area contributed by atoms with Crippen LogP contribution in [0.1, 0.15) is 26.5 Å². The van der Waals surface area contributed by atoms with Crippen LogP contribution in [0.3, 0.4) is 0 Å². The number of nitrogens with one attached hydrogen (secondary N) is 2. The van der Waals surface area contributed by atoms with E-state index in [-0.39, 0.29) is 22.7 Å². The number of aryl methyl sites for hydroxylation is 1. The minimum atomic E-state index is -0.670. The number of nitrogens with zero attached hydrogens (tertiary/aromatic N) is 5. The molecule has 4 aromatic rings. The molecule has 3 heterocycles. The molecule has 0 spiro atoms. The summed E-state index contributed by atoms with van der Waals surface area (Å²) in [5.74, 6) is 0.617. The zero-order valence-electron chi connectivity index (χ0n) is 18.5. The van der Waals surface area contributed by atoms with Gasteiger partial charge in [-0.05, 0) is 18.2 Å². The van der Waals surface area contributed by atoms with Crippen LogP contribution in [0, 0.1) is 5.82 Å². The van der Waals surface area contributed by atoms with Gasteiger partial charge in [-0.25, -0.2) is 14.2 Å². The Bertz CT molecular complexity index is 1290. The number of benzene rings is 1. The van der Waals surface area contributed by atoms with Crippen LogP contribution in [0.15, 0.2) is 53.4 Å². The highest BCUT2D eigenvalue weighted by Gasteiger charge is 2.20. The van der Waals surface area contributed by atoms with E-state index in [2.05, 4.69) is 30.9 Å². The SMILES string of the molecule is Cn1cnc(-c2cc(Oc3ccc(NC(=O)Nc4cc(C(C)(C)C)no4)c(F)c3)ccn2)n1. The highest BCUT2D eigenvalue weighted by Crippen LogP contribution is 2.28. The fraction of sp³-hybridized carbons (Fsp3) is 0.227. The summed E-state index contributed by atoms with van der Waals surface area (Å²) in [6.07, 6.45) is 3.11. The Labute approximate surface area is 188 Å². The molecule has 1 aromatic carbocycles. The number of halogens is 1. The monoisotopic (exact) mass is 451 g/mol. The zero-order chi connectivity index (χ0) is 23.6. The second kappa shape index (κ2) is 8.69. The van der Waals surface area contributed by atoms with Crippen LogP contribution in [0.4, 0.5) is 20.8 Å². The van der Waals surface area contributed by atoms with Crippen LogP contribution in [0.2, 0.25) is 0 Å². The van der Waals surface area contributed by atoms with Gasteiger partial charge in [-0.2, -0.15) is 0 Å². The van der Waals surface area contributed by atoms with E-state index in [0.717, 1.165) is 0 Å². The largest absolute Gasteiger partial charge is 0.457 e. The van der Waals surface area contributed by atoms with Crippen LogP contribution in [0.5, 0.6) is 11.5 Å². The quantitative estimate of drug-likeness (QED) is 0.450. The fourth-order valence-corrected chi connectivity index (χ4v) is 2.80. The summed E-state index contributed by atoms with van der Waals surface area (Å²) < 4.78 is 27.0. The Morgan fingerprint density at radius 3 is 2.55 bits per heavy atom. The molecular formula is C22H22FN7O3. The number of urea groups is 1. The normalized spacial score (nSPS) is 11.3. The lowest BCUT2D eigenvalue weighted by Crippen LogP contribution is -2.19. The first kappa shape index (κ1) is 21.9. The second-order valence-electron chi connectivity index (χ2n) is 8.27. The van der Waals surface area contributed by atoms with Gasteiger partial charge in [-0.1, -0.05) is 25.9 Å². The van der Waals surface area contributed by atoms with E-state index in [4.69, 9.17) is 9.26 Å². The van der Waals surface area contributed by atoms with E-state index >= 15 is 0 Å². The van der Waals surface area contributed by atoms with Crippen LogP contribution < -0.4 is 15.4 Å². The van der Waals surface area contributed by atoms with Crippen molar-refractivity contribution in [3.8, 4) is 23.0 Å². The third kappa shape index (κ3) is 5.32. The molecule has 0 saturated carbocycles. The molecule has 0 bridgehead atoms. The van der Waals surface area contributed by atoms with Crippen molar-refractivity contribution in [1.29, 1.82) is 0 Å². The number of carbonyl (C=O) groups excluding carboxylic acids is 1. The predicted octanol–water partition coefficient (Wildman–Crippen LogP) is 4.74. The smallest absolute Gasteiger partial charge is 0.326 e. The van der Waals surface area contributed by atoms with Gasteiger partial charge >= 0.3 is 6.03 Å². The van der Waals surface area contributed by atoms with Crippen molar-refractivity contribution in [2.24, 2.45) is 7.05 Å². The fourth-order valence-electron chi connectivity index (χ4n) is 2.80. The van der Waals surface area contributed by atoms with Crippen molar-refractivity contribution in [2.45, 2.75) is 26.2 Å². The second-order valence-corrected chi connectivity index (χ2v) is 8.27. The molecule has 0 unspecified atom stereocenters. The Morgan fingerprint density at radius 2 is 1.88 bits per heavy atom. The Balaban J connectivity index is 1.41. The molecule has 3 aromatic heterocycles. The van der Waals surface area contributed by atoms with Crippen molar-refractivity contribution in [3.63, 3.8) is 0 Å². The maximum absolute atomic E-state index is 14.6. The molecule has 11 heteroatoms. The first-order chi connectivity index (χ1) is 15.7. The van der Waals surface area contributed by atoms with Crippen LogP contribution in [0.25, 0.3) is 11.5 Å². The van der Waals surface area contributed by atoms with Gasteiger partial charge in [0.1, 0.15) is 29.3 Å². The van der Waals surface area contributed by atoms with E-state index in [0.29, 0.717) is 23.0 Å². The van der Waals surface area contributed by atoms with Crippen LogP contribution in [-0.2, 0) is 12.5 Å². The lowest BCUT2D eigenvalue weighted by atomic mass is 9.92. The molecule has 0 atom stereocenters. The molecular weight excluding hydrogens is 429 g/mol. The molecule has 0 saturated heterocycles. The van der Waals surface area contributed by atoms with Gasteiger partial charge in [-0.15, -0.1) is 5.10 Å². The van der Waals surface area contributed by atoms with Crippen LogP contribution >= 0.6 is 0 Å². The molecule has 0 aliphatic heterocycles. The summed E-state index contributed by atoms with van der Waals surface area (Å²) in [5.41, 5.74) is 0.948. The van der Waals surface area contributed by atoms with Gasteiger partial charge in [0, 0.05) is 36.9 Å². The van der Waals surface area contributed by atoms with E-state index in [9.17, 15) is 9.18 Å². The lowest BCUT2D eigenvalue weighted by molar-refractivity contribution is 0.261. The standard InChI is InChI=1S/C22H22FN7O3/c1-22(2,3)18-11-19(33-29-18)27-21(31)26-16-6-5-13(9-15(16)23)32-14-7-8-24-17(10-14)20-25-12-30(4)28-20/h5-12H,1-4H3,(H2,26,27,31). The molecule has 0 aliphatic carbocycles. The van der Waals surface area contributed by atoms with E-state index in [1.807, 2.05) is 20.8 Å². The third-order valence-corrected chi connectivity index (χ3v) is 4.50. The Kier molecular flexibility index (Phi) is 5.78. The summed E-state index contributed by atoms with van der Waals surface area (Å²) in [6.45, 7) is 5.90. The number of hydrogen-bond donors (Lipinski definition) is 2. The molecule has 2 amide bonds. The molecule has 0 radical (unpaired) electrons. The maximum atomic E-state index is 14.6. The molecule has 0 aliphatic rings. The summed E-state index contributed by atoms with van der Waals surface area (Å²) in [7, 11) is 1.75. The molecule has 4 rings (SSSR count). The highest BCUT2D eigenvalue weighted by atomic mass is 19.1. The number of amides is 2. The summed E-state index contributed by atoms with van der Waals surface area (Å²) in [4.78, 5) is 20.6. The van der Waals surface area contributed by atoms with Gasteiger partial charge in [-0.3, -0.25) is 15.0 Å². The summed E-state index contributed by atoms with van der Waals surface area (Å²) >= 11 is 0. The van der Waals surface area contributed by atoms with Crippen LogP contribution in [-0.4, -0.2) is 30.9 Å². The molecule has 10 nitrogen and oxygen atoms in total. The number of carbonyl (C=O) groups is 1. The number of pyridine rings is 1. The number of ether oxygens (including phenoxy) is 1. The van der Waals surface area contributed by atoms with Gasteiger partial charge in [0.15, 0.2) is 5.82 Å². The molecule has 33 heavy (non-hydrogen) atoms. The third-order valence-electron chi connectivity index (χ3n) is 4.50. The van der Waals surface area contributed by atoms with E-state index < -0.39 is 11.8 Å². The zero-order valence-corrected chi connectivity index (χ0v) is 18.5. The minimum absolute atomic E-state index is 0.0245. The van der Waals surface area contributed by atoms with Crippen molar-refractivity contribution < 1.29 is 18.4 Å². The lowest BCUT2D eigenvalue weighted by Gasteiger charge is -2.12. The minimum Gasteiger partial charge on any atom is -0.457 e. The highest BCUT2D eigenvalue weighted by molar-refractivity contribution is 5.99. The topological polar surface area (TPSA) is 120 Å². The first-order valence-electron chi connectivity index (χ1n) is 10.0. The van der Waals surface area contributed by atoms with Gasteiger partial charge in [0.2, 0.25) is 5.88 Å². The van der Waals surface area contributed by atoms with Gasteiger partial charge in [0.25, 0.3) is 0 Å². The average Bonchev–Trinajstić information content (AvgIpc) is 3.39. The van der Waals surface area contributed by atoms with Crippen molar-refractivity contribution >= 4 is 17.6 Å². The van der Waals surface area contributed by atoms with Gasteiger partial charge < -0.3 is 14.6 Å². The first-order valence-corrected chi connectivity index (χ1v) is 10.0. The number of aromatic nitrogens is 5. The Hall–Kier alpha value is -4.28. The number of anilines is 2. The van der Waals surface area contributed by atoms with Crippen molar-refractivity contribution in [2.75, 3.05) is 10.6 Å². The van der Waals surface area contributed by atoms with Crippen molar-refractivity contribution in [1.82, 2.24) is 24.9 Å². The Morgan fingerprint density at radius 1 is 1.09 bits per heavy atom. The number of hydrogen-bond acceptors (Lipinski definition) is 7. The van der Waals surface area contributed by atoms with E-state index in [1.54, 1.807) is 42.5 Å². The predicted molar refractivity (Wildman–Crippen MR) is 119 cm³/mol. The van der Waals surface area contributed by atoms with Gasteiger partial charge in [0.05, 0.1) is 11.4 Å². The average molecular weight is 451 g/mol. The van der Waals surface area contributed by atoms with Crippen molar-refractivity contribution in [3.05, 3.63) is 60.4 Å². The molecule has 170 valence electrons. The number of rotatable bonds is 5. The molecule has 0 fully saturated rings. The molecule has 2 N–H and O–H groups in total. The summed E-state index contributed by atoms with van der Waals surface area (Å²) in [5, 5.41) is 13.0. The summed E-state index contributed by atoms with van der Waals surface area (Å²) in [6, 6.07) is 8.33. The maximum Gasteiger partial charge on any atom is 0.326 e.